The van der Waals surface area contributed by atoms with Gasteiger partial charge in [-0.3, -0.25) is 4.79 Å². The molecular formula is C9H10O. The van der Waals surface area contributed by atoms with Gasteiger partial charge in [0.2, 0.25) is 0 Å². The molecule has 4 aliphatic rings. The number of Topliss-reactive ketones (excluding diaryl/α,β-unsaturated/α-hetero) is 1. The van der Waals surface area contributed by atoms with Crippen molar-refractivity contribution >= 4 is 5.78 Å². The number of ketones is 1. The fraction of sp³-hybridized carbons (Fsp3) is 0.889. The van der Waals surface area contributed by atoms with E-state index in [1.165, 1.54) is 12.8 Å². The number of hydrogen-bond donors (Lipinski definition) is 0. The molecule has 0 heterocycles. The number of carbonyl (C=O) groups is 1. The van der Waals surface area contributed by atoms with Gasteiger partial charge in [-0.05, 0) is 36.0 Å². The lowest BCUT2D eigenvalue weighted by Crippen LogP contribution is -2.33. The molecule has 0 radical (unpaired) electrons. The summed E-state index contributed by atoms with van der Waals surface area (Å²) in [6, 6.07) is 0. The molecule has 0 bridgehead atoms. The molecule has 1 nitrogen and oxygen atoms in total. The topological polar surface area (TPSA) is 17.1 Å². The maximum absolute atomic E-state index is 11.2. The van der Waals surface area contributed by atoms with Crippen LogP contribution in [0.4, 0.5) is 0 Å². The molecule has 0 aromatic carbocycles. The minimum Gasteiger partial charge on any atom is -0.299 e. The lowest BCUT2D eigenvalue weighted by molar-refractivity contribution is -0.122. The molecule has 4 atom stereocenters. The Morgan fingerprint density at radius 3 is 2.60 bits per heavy atom. The molecule has 4 unspecified atom stereocenters. The van der Waals surface area contributed by atoms with E-state index in [1.807, 2.05) is 0 Å². The zero-order valence-corrected chi connectivity index (χ0v) is 5.84. The van der Waals surface area contributed by atoms with Gasteiger partial charge in [0.05, 0.1) is 0 Å². The third kappa shape index (κ3) is 0.228. The van der Waals surface area contributed by atoms with Crippen molar-refractivity contribution in [1.29, 1.82) is 0 Å². The van der Waals surface area contributed by atoms with Crippen LogP contribution < -0.4 is 0 Å². The van der Waals surface area contributed by atoms with Crippen LogP contribution in [0, 0.1) is 29.1 Å². The first-order valence-electron chi connectivity index (χ1n) is 4.37. The second kappa shape index (κ2) is 0.910. The number of fused-ring (bicyclic) bond motifs is 3. The van der Waals surface area contributed by atoms with Crippen LogP contribution in [0.25, 0.3) is 0 Å². The predicted octanol–water partition coefficient (Wildman–Crippen LogP) is 1.23. The van der Waals surface area contributed by atoms with Crippen LogP contribution in [-0.2, 0) is 4.79 Å². The highest BCUT2D eigenvalue weighted by Crippen LogP contribution is 2.88. The van der Waals surface area contributed by atoms with E-state index in [1.54, 1.807) is 0 Å². The largest absolute Gasteiger partial charge is 0.299 e. The molecule has 0 saturated heterocycles. The second-order valence-electron chi connectivity index (χ2n) is 4.64. The fourth-order valence-electron chi connectivity index (χ4n) is 4.04. The van der Waals surface area contributed by atoms with Gasteiger partial charge in [-0.15, -0.1) is 0 Å². The zero-order valence-electron chi connectivity index (χ0n) is 5.84. The first kappa shape index (κ1) is 4.53. The maximum Gasteiger partial charge on any atom is 0.136 e. The number of hydrogen-bond acceptors (Lipinski definition) is 1. The van der Waals surface area contributed by atoms with Crippen LogP contribution in [-0.4, -0.2) is 5.78 Å². The van der Waals surface area contributed by atoms with Gasteiger partial charge in [-0.1, -0.05) is 0 Å². The van der Waals surface area contributed by atoms with Gasteiger partial charge in [0, 0.05) is 12.3 Å². The van der Waals surface area contributed by atoms with Gasteiger partial charge >= 0.3 is 0 Å². The molecule has 0 N–H and O–H groups in total. The van der Waals surface area contributed by atoms with E-state index in [0.717, 1.165) is 29.6 Å². The van der Waals surface area contributed by atoms with Crippen molar-refractivity contribution in [2.24, 2.45) is 29.1 Å². The minimum atomic E-state index is 0.590. The fourth-order valence-corrected chi connectivity index (χ4v) is 4.04. The Balaban J connectivity index is 1.87. The highest BCUT2D eigenvalue weighted by atomic mass is 16.1. The third-order valence-electron chi connectivity index (χ3n) is 4.56. The summed E-state index contributed by atoms with van der Waals surface area (Å²) in [5.74, 6) is 3.91. The van der Waals surface area contributed by atoms with E-state index >= 15 is 0 Å². The molecule has 4 fully saturated rings. The standard InChI is InChI=1S/C9H10O/c10-5-3-4-6-7(5)8(6)9(4)1-2-9/h4,6-8H,1-3H2. The van der Waals surface area contributed by atoms with Crippen LogP contribution >= 0.6 is 0 Å². The molecule has 1 heteroatoms. The quantitative estimate of drug-likeness (QED) is 0.487. The summed E-state index contributed by atoms with van der Waals surface area (Å²) in [6.45, 7) is 0. The van der Waals surface area contributed by atoms with Crippen LogP contribution in [0.5, 0.6) is 0 Å². The summed E-state index contributed by atoms with van der Waals surface area (Å²) in [5, 5.41) is 0. The average molecular weight is 134 g/mol. The first-order chi connectivity index (χ1) is 4.84. The SMILES string of the molecule is O=C1CC2C3C1C3C21CC1. The smallest absolute Gasteiger partial charge is 0.136 e. The summed E-state index contributed by atoms with van der Waals surface area (Å²) in [7, 11) is 0. The molecule has 0 amide bonds. The summed E-state index contributed by atoms with van der Waals surface area (Å²) in [6.07, 6.45) is 3.89. The van der Waals surface area contributed by atoms with E-state index in [-0.39, 0.29) is 0 Å². The van der Waals surface area contributed by atoms with Gasteiger partial charge in [-0.2, -0.15) is 0 Å². The third-order valence-corrected chi connectivity index (χ3v) is 4.56. The van der Waals surface area contributed by atoms with Crippen molar-refractivity contribution in [3.8, 4) is 0 Å². The lowest BCUT2D eigenvalue weighted by Gasteiger charge is -2.36. The molecule has 0 aromatic rings. The van der Waals surface area contributed by atoms with Crippen molar-refractivity contribution in [3.63, 3.8) is 0 Å². The summed E-state index contributed by atoms with van der Waals surface area (Å²) < 4.78 is 0. The second-order valence-corrected chi connectivity index (χ2v) is 4.64. The Morgan fingerprint density at radius 2 is 2.20 bits per heavy atom. The predicted molar refractivity (Wildman–Crippen MR) is 35.3 cm³/mol. The molecule has 1 spiro atoms. The van der Waals surface area contributed by atoms with E-state index in [9.17, 15) is 4.79 Å². The first-order valence-corrected chi connectivity index (χ1v) is 4.37. The van der Waals surface area contributed by atoms with Crippen molar-refractivity contribution in [2.45, 2.75) is 19.3 Å². The molecular weight excluding hydrogens is 124 g/mol. The minimum absolute atomic E-state index is 0.590. The van der Waals surface area contributed by atoms with Crippen LogP contribution in [0.15, 0.2) is 0 Å². The number of carbonyl (C=O) groups excluding carboxylic acids is 1. The average Bonchev–Trinajstić information content (AvgIpc) is 2.77. The van der Waals surface area contributed by atoms with Crippen LogP contribution in [0.2, 0.25) is 0 Å². The van der Waals surface area contributed by atoms with Crippen molar-refractivity contribution in [3.05, 3.63) is 0 Å². The summed E-state index contributed by atoms with van der Waals surface area (Å²) >= 11 is 0. The van der Waals surface area contributed by atoms with Crippen LogP contribution in [0.1, 0.15) is 19.3 Å². The molecule has 4 saturated carbocycles. The number of rotatable bonds is 0. The van der Waals surface area contributed by atoms with Crippen molar-refractivity contribution in [1.82, 2.24) is 0 Å². The van der Waals surface area contributed by atoms with Gasteiger partial charge in [-0.25, -0.2) is 0 Å². The molecule has 0 aromatic heterocycles. The summed E-state index contributed by atoms with van der Waals surface area (Å²) in [4.78, 5) is 11.2. The van der Waals surface area contributed by atoms with Gasteiger partial charge < -0.3 is 0 Å². The van der Waals surface area contributed by atoms with E-state index in [4.69, 9.17) is 0 Å². The maximum atomic E-state index is 11.2. The van der Waals surface area contributed by atoms with Gasteiger partial charge in [0.1, 0.15) is 5.78 Å². The van der Waals surface area contributed by atoms with Crippen LogP contribution in [0.3, 0.4) is 0 Å². The molecule has 4 aliphatic carbocycles. The van der Waals surface area contributed by atoms with Crippen molar-refractivity contribution in [2.75, 3.05) is 0 Å². The van der Waals surface area contributed by atoms with Gasteiger partial charge in [0.15, 0.2) is 0 Å². The molecule has 0 aliphatic heterocycles. The Bertz CT molecular complexity index is 251. The molecule has 52 valence electrons. The summed E-state index contributed by atoms with van der Waals surface area (Å²) in [5.41, 5.74) is 0.781. The highest BCUT2D eigenvalue weighted by molar-refractivity contribution is 5.90. The van der Waals surface area contributed by atoms with Crippen molar-refractivity contribution < 1.29 is 4.79 Å². The molecule has 10 heavy (non-hydrogen) atoms. The van der Waals surface area contributed by atoms with E-state index in [0.29, 0.717) is 11.7 Å². The molecule has 4 rings (SSSR count). The zero-order chi connectivity index (χ0) is 6.51. The Hall–Kier alpha value is -0.330. The lowest BCUT2D eigenvalue weighted by atomic mass is 9.68. The Morgan fingerprint density at radius 1 is 1.40 bits per heavy atom. The Labute approximate surface area is 59.8 Å². The van der Waals surface area contributed by atoms with Gasteiger partial charge in [0.25, 0.3) is 0 Å². The Kier molecular flexibility index (Phi) is 0.412. The highest BCUT2D eigenvalue weighted by Gasteiger charge is 2.85. The monoisotopic (exact) mass is 134 g/mol. The normalized spacial score (nSPS) is 63.8. The van der Waals surface area contributed by atoms with E-state index < -0.39 is 0 Å². The van der Waals surface area contributed by atoms with E-state index in [2.05, 4.69) is 0 Å².